The number of nitrogens with one attached hydrogen (secondary N) is 1. The van der Waals surface area contributed by atoms with Gasteiger partial charge in [0.1, 0.15) is 11.9 Å². The number of para-hydroxylation sites is 1. The Morgan fingerprint density at radius 1 is 1.17 bits per heavy atom. The maximum atomic E-state index is 13.6. The zero-order chi connectivity index (χ0) is 16.1. The monoisotopic (exact) mass is 316 g/mol. The van der Waals surface area contributed by atoms with E-state index in [9.17, 15) is 9.18 Å². The highest BCUT2D eigenvalue weighted by atomic mass is 19.1. The average molecular weight is 316 g/mol. The lowest BCUT2D eigenvalue weighted by atomic mass is 10.1. The van der Waals surface area contributed by atoms with Gasteiger partial charge in [0, 0.05) is 38.3 Å². The molecule has 1 aliphatic heterocycles. The summed E-state index contributed by atoms with van der Waals surface area (Å²) in [5.74, 6) is -0.444. The van der Waals surface area contributed by atoms with E-state index >= 15 is 0 Å². The van der Waals surface area contributed by atoms with E-state index in [1.54, 1.807) is 35.5 Å². The van der Waals surface area contributed by atoms with Crippen LogP contribution in [0.15, 0.2) is 42.7 Å². The molecule has 0 radical (unpaired) electrons. The summed E-state index contributed by atoms with van der Waals surface area (Å²) in [4.78, 5) is 21.9. The molecule has 0 saturated carbocycles. The van der Waals surface area contributed by atoms with Crippen molar-refractivity contribution in [1.82, 2.24) is 14.9 Å². The molecule has 1 fully saturated rings. The highest BCUT2D eigenvalue weighted by Gasteiger charge is 2.24. The highest BCUT2D eigenvalue weighted by molar-refractivity contribution is 5.89. The highest BCUT2D eigenvalue weighted by Crippen LogP contribution is 2.18. The lowest BCUT2D eigenvalue weighted by Gasteiger charge is -2.31. The minimum Gasteiger partial charge on any atom is -0.460 e. The van der Waals surface area contributed by atoms with E-state index in [0.29, 0.717) is 31.9 Å². The fourth-order valence-corrected chi connectivity index (χ4v) is 2.43. The van der Waals surface area contributed by atoms with Gasteiger partial charge in [0.2, 0.25) is 0 Å². The SMILES string of the molecule is O=C(Nc1ccccc1F)N1CCC(Oc2ncccn2)CC1. The normalized spacial score (nSPS) is 15.3. The van der Waals surface area contributed by atoms with Crippen LogP contribution in [0.25, 0.3) is 0 Å². The Labute approximate surface area is 133 Å². The maximum Gasteiger partial charge on any atom is 0.321 e. The summed E-state index contributed by atoms with van der Waals surface area (Å²) in [6, 6.07) is 7.89. The molecule has 0 atom stereocenters. The number of likely N-dealkylation sites (tertiary alicyclic amines) is 1. The minimum atomic E-state index is -0.444. The summed E-state index contributed by atoms with van der Waals surface area (Å²) in [5, 5.41) is 2.59. The van der Waals surface area contributed by atoms with Crippen molar-refractivity contribution in [3.63, 3.8) is 0 Å². The standard InChI is InChI=1S/C16H17FN4O2/c17-13-4-1-2-5-14(13)20-16(22)21-10-6-12(7-11-21)23-15-18-8-3-9-19-15/h1-5,8-9,12H,6-7,10-11H2,(H,20,22). The van der Waals surface area contributed by atoms with Crippen LogP contribution >= 0.6 is 0 Å². The van der Waals surface area contributed by atoms with Crippen molar-refractivity contribution in [2.45, 2.75) is 18.9 Å². The number of ether oxygens (including phenoxy) is 1. The van der Waals surface area contributed by atoms with Crippen LogP contribution < -0.4 is 10.1 Å². The Bertz CT molecular complexity index is 660. The summed E-state index contributed by atoms with van der Waals surface area (Å²) >= 11 is 0. The Morgan fingerprint density at radius 3 is 2.57 bits per heavy atom. The quantitative estimate of drug-likeness (QED) is 0.945. The molecule has 0 aliphatic carbocycles. The molecule has 1 saturated heterocycles. The van der Waals surface area contributed by atoms with Crippen molar-refractivity contribution in [3.8, 4) is 6.01 Å². The van der Waals surface area contributed by atoms with Crippen LogP contribution in [0, 0.1) is 5.82 Å². The molecular formula is C16H17FN4O2. The molecule has 1 aliphatic rings. The van der Waals surface area contributed by atoms with E-state index in [1.807, 2.05) is 0 Å². The fraction of sp³-hybridized carbons (Fsp3) is 0.312. The molecule has 3 rings (SSSR count). The number of hydrogen-bond donors (Lipinski definition) is 1. The summed E-state index contributed by atoms with van der Waals surface area (Å²) < 4.78 is 19.2. The van der Waals surface area contributed by atoms with Crippen LogP contribution in [-0.4, -0.2) is 40.1 Å². The number of urea groups is 1. The largest absolute Gasteiger partial charge is 0.460 e. The first-order valence-electron chi connectivity index (χ1n) is 7.46. The van der Waals surface area contributed by atoms with Crippen LogP contribution in [0.3, 0.4) is 0 Å². The molecule has 1 aromatic carbocycles. The molecule has 6 nitrogen and oxygen atoms in total. The van der Waals surface area contributed by atoms with Gasteiger partial charge in [-0.1, -0.05) is 12.1 Å². The van der Waals surface area contributed by atoms with E-state index in [-0.39, 0.29) is 17.8 Å². The third-order valence-corrected chi connectivity index (χ3v) is 3.66. The van der Waals surface area contributed by atoms with Gasteiger partial charge >= 0.3 is 12.0 Å². The number of rotatable bonds is 3. The number of anilines is 1. The van der Waals surface area contributed by atoms with Gasteiger partial charge < -0.3 is 15.0 Å². The molecular weight excluding hydrogens is 299 g/mol. The van der Waals surface area contributed by atoms with Crippen molar-refractivity contribution >= 4 is 11.7 Å². The van der Waals surface area contributed by atoms with Crippen LogP contribution in [-0.2, 0) is 0 Å². The maximum absolute atomic E-state index is 13.6. The number of amides is 2. The first-order valence-corrected chi connectivity index (χ1v) is 7.46. The molecule has 0 unspecified atom stereocenters. The van der Waals surface area contributed by atoms with Crippen molar-refractivity contribution in [2.75, 3.05) is 18.4 Å². The van der Waals surface area contributed by atoms with Crippen LogP contribution in [0.1, 0.15) is 12.8 Å². The lowest BCUT2D eigenvalue weighted by molar-refractivity contribution is 0.107. The third-order valence-electron chi connectivity index (χ3n) is 3.66. The third kappa shape index (κ3) is 3.94. The fourth-order valence-electron chi connectivity index (χ4n) is 2.43. The summed E-state index contributed by atoms with van der Waals surface area (Å²) in [5.41, 5.74) is 0.188. The van der Waals surface area contributed by atoms with E-state index in [0.717, 1.165) is 0 Å². The van der Waals surface area contributed by atoms with Crippen molar-refractivity contribution in [3.05, 3.63) is 48.5 Å². The molecule has 120 valence electrons. The Kier molecular flexibility index (Phi) is 4.65. The van der Waals surface area contributed by atoms with Gasteiger partial charge in [0.25, 0.3) is 0 Å². The van der Waals surface area contributed by atoms with E-state index in [1.165, 1.54) is 12.1 Å². The Hall–Kier alpha value is -2.70. The second kappa shape index (κ2) is 7.04. The Balaban J connectivity index is 1.50. The zero-order valence-electron chi connectivity index (χ0n) is 12.5. The topological polar surface area (TPSA) is 67.4 Å². The van der Waals surface area contributed by atoms with Crippen LogP contribution in [0.4, 0.5) is 14.9 Å². The van der Waals surface area contributed by atoms with Gasteiger partial charge in [-0.15, -0.1) is 0 Å². The molecule has 2 amide bonds. The van der Waals surface area contributed by atoms with Gasteiger partial charge in [-0.25, -0.2) is 19.2 Å². The predicted molar refractivity (Wildman–Crippen MR) is 82.7 cm³/mol. The molecule has 2 heterocycles. The molecule has 23 heavy (non-hydrogen) atoms. The van der Waals surface area contributed by atoms with Crippen LogP contribution in [0.2, 0.25) is 0 Å². The molecule has 0 spiro atoms. The smallest absolute Gasteiger partial charge is 0.321 e. The minimum absolute atomic E-state index is 0.0186. The molecule has 1 N–H and O–H groups in total. The summed E-state index contributed by atoms with van der Waals surface area (Å²) in [7, 11) is 0. The zero-order valence-corrected chi connectivity index (χ0v) is 12.5. The van der Waals surface area contributed by atoms with Gasteiger partial charge in [0.15, 0.2) is 0 Å². The van der Waals surface area contributed by atoms with Gasteiger partial charge in [-0.3, -0.25) is 0 Å². The first kappa shape index (κ1) is 15.2. The van der Waals surface area contributed by atoms with Crippen molar-refractivity contribution < 1.29 is 13.9 Å². The van der Waals surface area contributed by atoms with E-state index in [2.05, 4.69) is 15.3 Å². The number of halogens is 1. The number of piperidine rings is 1. The van der Waals surface area contributed by atoms with Crippen LogP contribution in [0.5, 0.6) is 6.01 Å². The number of aromatic nitrogens is 2. The Morgan fingerprint density at radius 2 is 1.87 bits per heavy atom. The molecule has 1 aromatic heterocycles. The summed E-state index contributed by atoms with van der Waals surface area (Å²) in [6.07, 6.45) is 4.60. The number of hydrogen-bond acceptors (Lipinski definition) is 4. The second-order valence-corrected chi connectivity index (χ2v) is 5.25. The molecule has 7 heteroatoms. The van der Waals surface area contributed by atoms with Gasteiger partial charge in [0.05, 0.1) is 5.69 Å². The second-order valence-electron chi connectivity index (χ2n) is 5.25. The predicted octanol–water partition coefficient (Wildman–Crippen LogP) is 2.69. The first-order chi connectivity index (χ1) is 11.2. The lowest BCUT2D eigenvalue weighted by Crippen LogP contribution is -2.44. The van der Waals surface area contributed by atoms with Gasteiger partial charge in [-0.2, -0.15) is 0 Å². The van der Waals surface area contributed by atoms with Crippen molar-refractivity contribution in [2.24, 2.45) is 0 Å². The molecule has 2 aromatic rings. The number of nitrogens with zero attached hydrogens (tertiary/aromatic N) is 3. The number of benzene rings is 1. The molecule has 0 bridgehead atoms. The number of carbonyl (C=O) groups is 1. The van der Waals surface area contributed by atoms with E-state index in [4.69, 9.17) is 4.74 Å². The average Bonchev–Trinajstić information content (AvgIpc) is 2.58. The van der Waals surface area contributed by atoms with E-state index < -0.39 is 5.82 Å². The number of carbonyl (C=O) groups excluding carboxylic acids is 1. The summed E-state index contributed by atoms with van der Waals surface area (Å²) in [6.45, 7) is 1.08. The van der Waals surface area contributed by atoms with Gasteiger partial charge in [-0.05, 0) is 18.2 Å². The van der Waals surface area contributed by atoms with Crippen molar-refractivity contribution in [1.29, 1.82) is 0 Å².